The summed E-state index contributed by atoms with van der Waals surface area (Å²) in [5.41, 5.74) is 0. The molecule has 0 aromatic rings. The number of allylic oxidation sites excluding steroid dienone is 2. The number of rotatable bonds is 26. The highest BCUT2D eigenvalue weighted by atomic mass is 16.5. The summed E-state index contributed by atoms with van der Waals surface area (Å²) < 4.78 is 5.14. The van der Waals surface area contributed by atoms with Gasteiger partial charge in [0.15, 0.2) is 0 Å². The second-order valence-electron chi connectivity index (χ2n) is 9.96. The second kappa shape index (κ2) is 26.3. The molecule has 200 valence electrons. The molecular formula is C30H56O4. The van der Waals surface area contributed by atoms with Crippen LogP contribution in [0.4, 0.5) is 0 Å². The van der Waals surface area contributed by atoms with Crippen molar-refractivity contribution in [2.75, 3.05) is 6.61 Å². The van der Waals surface area contributed by atoms with Crippen LogP contribution in [0.2, 0.25) is 0 Å². The predicted molar refractivity (Wildman–Crippen MR) is 144 cm³/mol. The Morgan fingerprint density at radius 3 is 1.53 bits per heavy atom. The van der Waals surface area contributed by atoms with Gasteiger partial charge in [-0.05, 0) is 38.5 Å². The number of carboxylic acids is 1. The first-order valence-corrected chi connectivity index (χ1v) is 14.6. The summed E-state index contributed by atoms with van der Waals surface area (Å²) in [5.74, 6) is -1.77. The number of unbranched alkanes of at least 4 members (excludes halogenated alkanes) is 17. The van der Waals surface area contributed by atoms with E-state index in [1.165, 1.54) is 96.3 Å². The number of carboxylic acid groups (broad SMARTS) is 1. The summed E-state index contributed by atoms with van der Waals surface area (Å²) in [7, 11) is 0. The highest BCUT2D eigenvalue weighted by Crippen LogP contribution is 2.17. The first kappa shape index (κ1) is 32.7. The van der Waals surface area contributed by atoms with Gasteiger partial charge in [-0.2, -0.15) is 0 Å². The molecule has 0 rings (SSSR count). The van der Waals surface area contributed by atoms with Crippen molar-refractivity contribution in [3.05, 3.63) is 12.2 Å². The third-order valence-electron chi connectivity index (χ3n) is 6.52. The molecule has 0 spiro atoms. The molecule has 0 radical (unpaired) electrons. The largest absolute Gasteiger partial charge is 0.481 e. The van der Waals surface area contributed by atoms with Gasteiger partial charge in [0.05, 0.1) is 18.9 Å². The van der Waals surface area contributed by atoms with E-state index >= 15 is 0 Å². The van der Waals surface area contributed by atoms with Crippen LogP contribution in [0, 0.1) is 5.92 Å². The van der Waals surface area contributed by atoms with Crippen LogP contribution < -0.4 is 0 Å². The van der Waals surface area contributed by atoms with Crippen LogP contribution in [0.5, 0.6) is 0 Å². The molecule has 0 heterocycles. The molecule has 0 aliphatic rings. The Morgan fingerprint density at radius 1 is 0.647 bits per heavy atom. The van der Waals surface area contributed by atoms with E-state index in [-0.39, 0.29) is 12.4 Å². The Balaban J connectivity index is 3.46. The molecule has 34 heavy (non-hydrogen) atoms. The molecular weight excluding hydrogens is 424 g/mol. The lowest BCUT2D eigenvalue weighted by Gasteiger charge is -2.13. The molecule has 1 N–H and O–H groups in total. The van der Waals surface area contributed by atoms with Crippen LogP contribution in [0.25, 0.3) is 0 Å². The Bertz CT molecular complexity index is 486. The highest BCUT2D eigenvalue weighted by molar-refractivity contribution is 5.79. The highest BCUT2D eigenvalue weighted by Gasteiger charge is 2.22. The Labute approximate surface area is 211 Å². The Kier molecular flexibility index (Phi) is 25.3. The van der Waals surface area contributed by atoms with Gasteiger partial charge >= 0.3 is 11.9 Å². The summed E-state index contributed by atoms with van der Waals surface area (Å²) in [6.45, 7) is 4.59. The van der Waals surface area contributed by atoms with Crippen LogP contribution in [0.1, 0.15) is 155 Å². The molecule has 0 amide bonds. The quantitative estimate of drug-likeness (QED) is 0.0760. The van der Waals surface area contributed by atoms with E-state index in [2.05, 4.69) is 19.1 Å². The van der Waals surface area contributed by atoms with E-state index in [4.69, 9.17) is 9.84 Å². The number of esters is 1. The van der Waals surface area contributed by atoms with Gasteiger partial charge in [-0.3, -0.25) is 9.59 Å². The van der Waals surface area contributed by atoms with Crippen molar-refractivity contribution >= 4 is 11.9 Å². The number of aliphatic carboxylic acids is 1. The molecule has 0 aromatic carbocycles. The summed E-state index contributed by atoms with van der Waals surface area (Å²) >= 11 is 0. The van der Waals surface area contributed by atoms with Crippen LogP contribution in [-0.4, -0.2) is 23.7 Å². The average Bonchev–Trinajstić information content (AvgIpc) is 2.82. The third-order valence-corrected chi connectivity index (χ3v) is 6.52. The Hall–Kier alpha value is -1.32. The first-order chi connectivity index (χ1) is 16.6. The van der Waals surface area contributed by atoms with Crippen molar-refractivity contribution in [3.8, 4) is 0 Å². The SMILES string of the molecule is CCCCCCCCCCCCCCC/C=C/CCCCCCC(CC(=O)O)C(=O)OCCC. The lowest BCUT2D eigenvalue weighted by atomic mass is 9.97. The standard InChI is InChI=1S/C30H56O4/c1-3-5-6-7-8-9-10-11-12-13-14-15-16-17-18-19-20-21-22-23-24-25-28(27-29(31)32)30(33)34-26-4-2/h18-19,28H,3-17,20-27H2,1-2H3,(H,31,32)/b19-18+. The minimum atomic E-state index is -0.924. The number of ether oxygens (including phenoxy) is 1. The molecule has 4 nitrogen and oxygen atoms in total. The molecule has 4 heteroatoms. The maximum absolute atomic E-state index is 12.0. The number of hydrogen-bond donors (Lipinski definition) is 1. The van der Waals surface area contributed by atoms with Gasteiger partial charge in [0.1, 0.15) is 0 Å². The first-order valence-electron chi connectivity index (χ1n) is 14.6. The molecule has 0 aliphatic carbocycles. The van der Waals surface area contributed by atoms with Gasteiger partial charge in [0, 0.05) is 0 Å². The summed E-state index contributed by atoms with van der Waals surface area (Å²) in [4.78, 5) is 23.0. The minimum absolute atomic E-state index is 0.121. The summed E-state index contributed by atoms with van der Waals surface area (Å²) in [5, 5.41) is 9.01. The van der Waals surface area contributed by atoms with Gasteiger partial charge < -0.3 is 9.84 Å². The maximum atomic E-state index is 12.0. The zero-order chi connectivity index (χ0) is 25.1. The van der Waals surface area contributed by atoms with Gasteiger partial charge in [0.2, 0.25) is 0 Å². The zero-order valence-corrected chi connectivity index (χ0v) is 22.7. The molecule has 0 saturated carbocycles. The normalized spacial score (nSPS) is 12.3. The third kappa shape index (κ3) is 23.8. The fourth-order valence-electron chi connectivity index (χ4n) is 4.36. The molecule has 0 bridgehead atoms. The van der Waals surface area contributed by atoms with Crippen molar-refractivity contribution in [1.82, 2.24) is 0 Å². The molecule has 1 atom stereocenters. The van der Waals surface area contributed by atoms with E-state index in [1.807, 2.05) is 6.92 Å². The van der Waals surface area contributed by atoms with Crippen LogP contribution in [-0.2, 0) is 14.3 Å². The minimum Gasteiger partial charge on any atom is -0.481 e. The fraction of sp³-hybridized carbons (Fsp3) is 0.867. The maximum Gasteiger partial charge on any atom is 0.309 e. The molecule has 0 aromatic heterocycles. The molecule has 0 fully saturated rings. The summed E-state index contributed by atoms with van der Waals surface area (Å²) in [6, 6.07) is 0. The smallest absolute Gasteiger partial charge is 0.309 e. The number of carbonyl (C=O) groups is 2. The lowest BCUT2D eigenvalue weighted by Crippen LogP contribution is -2.21. The lowest BCUT2D eigenvalue weighted by molar-refractivity contribution is -0.153. The van der Waals surface area contributed by atoms with Gasteiger partial charge in [-0.25, -0.2) is 0 Å². The van der Waals surface area contributed by atoms with E-state index in [0.29, 0.717) is 13.0 Å². The van der Waals surface area contributed by atoms with Crippen LogP contribution in [0.15, 0.2) is 12.2 Å². The monoisotopic (exact) mass is 480 g/mol. The van der Waals surface area contributed by atoms with Crippen LogP contribution in [0.3, 0.4) is 0 Å². The van der Waals surface area contributed by atoms with Crippen LogP contribution >= 0.6 is 0 Å². The van der Waals surface area contributed by atoms with E-state index in [0.717, 1.165) is 32.1 Å². The van der Waals surface area contributed by atoms with Gasteiger partial charge in [-0.15, -0.1) is 0 Å². The van der Waals surface area contributed by atoms with E-state index in [9.17, 15) is 9.59 Å². The second-order valence-corrected chi connectivity index (χ2v) is 9.96. The van der Waals surface area contributed by atoms with Gasteiger partial charge in [-0.1, -0.05) is 122 Å². The summed E-state index contributed by atoms with van der Waals surface area (Å²) in [6.07, 6.45) is 30.7. The number of carbonyl (C=O) groups excluding carboxylic acids is 1. The molecule has 0 saturated heterocycles. The predicted octanol–water partition coefficient (Wildman–Crippen LogP) is 9.41. The van der Waals surface area contributed by atoms with E-state index < -0.39 is 11.9 Å². The average molecular weight is 481 g/mol. The van der Waals surface area contributed by atoms with Crippen molar-refractivity contribution in [2.45, 2.75) is 155 Å². The zero-order valence-electron chi connectivity index (χ0n) is 22.7. The molecule has 0 aliphatic heterocycles. The van der Waals surface area contributed by atoms with Crippen molar-refractivity contribution in [1.29, 1.82) is 0 Å². The number of hydrogen-bond acceptors (Lipinski definition) is 3. The van der Waals surface area contributed by atoms with Crippen molar-refractivity contribution < 1.29 is 19.4 Å². The van der Waals surface area contributed by atoms with Gasteiger partial charge in [0.25, 0.3) is 0 Å². The molecule has 1 unspecified atom stereocenters. The van der Waals surface area contributed by atoms with E-state index in [1.54, 1.807) is 0 Å². The van der Waals surface area contributed by atoms with Crippen molar-refractivity contribution in [3.63, 3.8) is 0 Å². The van der Waals surface area contributed by atoms with Crippen molar-refractivity contribution in [2.24, 2.45) is 5.92 Å². The fourth-order valence-corrected chi connectivity index (χ4v) is 4.36. The Morgan fingerprint density at radius 2 is 1.09 bits per heavy atom. The topological polar surface area (TPSA) is 63.6 Å².